The highest BCUT2D eigenvalue weighted by Gasteiger charge is 2.10. The summed E-state index contributed by atoms with van der Waals surface area (Å²) in [4.78, 5) is 14.4. The van der Waals surface area contributed by atoms with Crippen molar-refractivity contribution in [2.24, 2.45) is 0 Å². The first kappa shape index (κ1) is 10.8. The molecule has 0 saturated heterocycles. The number of nitrogens with zero attached hydrogens (tertiary/aromatic N) is 4. The lowest BCUT2D eigenvalue weighted by Crippen LogP contribution is -2.19. The lowest BCUT2D eigenvalue weighted by molar-refractivity contribution is 0.863. The Kier molecular flexibility index (Phi) is 3.00. The second-order valence-corrected chi connectivity index (χ2v) is 4.26. The fourth-order valence-electron chi connectivity index (χ4n) is 1.47. The summed E-state index contributed by atoms with van der Waals surface area (Å²) in [6, 6.07) is 0. The van der Waals surface area contributed by atoms with Crippen LogP contribution in [0.3, 0.4) is 0 Å². The van der Waals surface area contributed by atoms with Gasteiger partial charge in [0.2, 0.25) is 0 Å². The Morgan fingerprint density at radius 2 is 2.19 bits per heavy atom. The summed E-state index contributed by atoms with van der Waals surface area (Å²) in [6.45, 7) is 2.64. The highest BCUT2D eigenvalue weighted by atomic mass is 32.1. The maximum absolute atomic E-state index is 5.74. The van der Waals surface area contributed by atoms with Crippen molar-refractivity contribution in [2.45, 2.75) is 13.5 Å². The zero-order valence-electron chi connectivity index (χ0n) is 9.21. The van der Waals surface area contributed by atoms with Crippen molar-refractivity contribution in [3.05, 3.63) is 28.5 Å². The van der Waals surface area contributed by atoms with E-state index in [1.54, 1.807) is 11.3 Å². The first-order valence-electron chi connectivity index (χ1n) is 4.83. The second-order valence-electron chi connectivity index (χ2n) is 3.54. The van der Waals surface area contributed by atoms with Gasteiger partial charge in [0.15, 0.2) is 0 Å². The van der Waals surface area contributed by atoms with E-state index in [1.165, 1.54) is 6.33 Å². The summed E-state index contributed by atoms with van der Waals surface area (Å²) in [5.74, 6) is 1.37. The van der Waals surface area contributed by atoms with E-state index in [-0.39, 0.29) is 0 Å². The molecule has 0 fully saturated rings. The second kappa shape index (κ2) is 4.44. The number of hydrogen-bond donors (Lipinski definition) is 1. The van der Waals surface area contributed by atoms with Crippen LogP contribution in [0, 0.1) is 6.92 Å². The normalized spacial score (nSPS) is 10.4. The Hall–Kier alpha value is -1.69. The van der Waals surface area contributed by atoms with Crippen LogP contribution >= 0.6 is 11.3 Å². The van der Waals surface area contributed by atoms with Gasteiger partial charge in [0, 0.05) is 18.0 Å². The van der Waals surface area contributed by atoms with E-state index < -0.39 is 0 Å². The molecule has 2 N–H and O–H groups in total. The van der Waals surface area contributed by atoms with Gasteiger partial charge in [-0.25, -0.2) is 15.0 Å². The van der Waals surface area contributed by atoms with E-state index in [0.717, 1.165) is 23.6 Å². The third kappa shape index (κ3) is 2.11. The third-order valence-electron chi connectivity index (χ3n) is 2.34. The number of anilines is 2. The van der Waals surface area contributed by atoms with Gasteiger partial charge in [0.05, 0.1) is 17.7 Å². The predicted molar refractivity (Wildman–Crippen MR) is 65.4 cm³/mol. The summed E-state index contributed by atoms with van der Waals surface area (Å²) in [6.07, 6.45) is 1.48. The molecule has 0 amide bonds. The Morgan fingerprint density at radius 1 is 1.38 bits per heavy atom. The SMILES string of the molecule is Cc1c(N)ncnc1N(C)Cc1cscn1. The minimum absolute atomic E-state index is 0.523. The Labute approximate surface area is 98.0 Å². The van der Waals surface area contributed by atoms with Crippen molar-refractivity contribution in [3.8, 4) is 0 Å². The quantitative estimate of drug-likeness (QED) is 0.872. The van der Waals surface area contributed by atoms with Crippen molar-refractivity contribution in [3.63, 3.8) is 0 Å². The molecule has 0 aliphatic rings. The van der Waals surface area contributed by atoms with E-state index in [9.17, 15) is 0 Å². The molecule has 16 heavy (non-hydrogen) atoms. The fraction of sp³-hybridized carbons (Fsp3) is 0.300. The van der Waals surface area contributed by atoms with Crippen LogP contribution in [0.15, 0.2) is 17.2 Å². The average molecular weight is 235 g/mol. The van der Waals surface area contributed by atoms with E-state index in [2.05, 4.69) is 15.0 Å². The van der Waals surface area contributed by atoms with Crippen LogP contribution in [0.1, 0.15) is 11.3 Å². The first-order chi connectivity index (χ1) is 7.68. The molecule has 0 spiro atoms. The summed E-state index contributed by atoms with van der Waals surface area (Å²) in [5.41, 5.74) is 9.50. The molecule has 6 heteroatoms. The minimum Gasteiger partial charge on any atom is -0.383 e. The lowest BCUT2D eigenvalue weighted by Gasteiger charge is -2.19. The molecule has 2 aromatic heterocycles. The maximum Gasteiger partial charge on any atom is 0.137 e. The van der Waals surface area contributed by atoms with Crippen LogP contribution in [-0.4, -0.2) is 22.0 Å². The molecule has 0 aromatic carbocycles. The van der Waals surface area contributed by atoms with Gasteiger partial charge in [-0.1, -0.05) is 0 Å². The van der Waals surface area contributed by atoms with Gasteiger partial charge in [0.25, 0.3) is 0 Å². The van der Waals surface area contributed by atoms with Gasteiger partial charge < -0.3 is 10.6 Å². The topological polar surface area (TPSA) is 67.9 Å². The molecule has 0 aliphatic carbocycles. The highest BCUT2D eigenvalue weighted by molar-refractivity contribution is 7.07. The average Bonchev–Trinajstić information content (AvgIpc) is 2.74. The van der Waals surface area contributed by atoms with Gasteiger partial charge in [-0.2, -0.15) is 0 Å². The molecule has 0 radical (unpaired) electrons. The van der Waals surface area contributed by atoms with Crippen LogP contribution < -0.4 is 10.6 Å². The third-order valence-corrected chi connectivity index (χ3v) is 2.98. The van der Waals surface area contributed by atoms with E-state index >= 15 is 0 Å². The molecule has 84 valence electrons. The predicted octanol–water partition coefficient (Wildman–Crippen LogP) is 1.46. The van der Waals surface area contributed by atoms with Crippen molar-refractivity contribution >= 4 is 23.0 Å². The van der Waals surface area contributed by atoms with Gasteiger partial charge in [-0.15, -0.1) is 11.3 Å². The Balaban J connectivity index is 2.21. The number of aromatic nitrogens is 3. The smallest absolute Gasteiger partial charge is 0.137 e. The number of thiazole rings is 1. The molecule has 5 nitrogen and oxygen atoms in total. The van der Waals surface area contributed by atoms with Crippen LogP contribution in [0.2, 0.25) is 0 Å². The van der Waals surface area contributed by atoms with Crippen molar-refractivity contribution in [2.75, 3.05) is 17.7 Å². The zero-order chi connectivity index (χ0) is 11.5. The van der Waals surface area contributed by atoms with Crippen molar-refractivity contribution in [1.82, 2.24) is 15.0 Å². The summed E-state index contributed by atoms with van der Waals surface area (Å²) < 4.78 is 0. The van der Waals surface area contributed by atoms with Crippen LogP contribution in [0.25, 0.3) is 0 Å². The van der Waals surface area contributed by atoms with Crippen LogP contribution in [-0.2, 0) is 6.54 Å². The van der Waals surface area contributed by atoms with Crippen LogP contribution in [0.4, 0.5) is 11.6 Å². The molecule has 2 aromatic rings. The summed E-state index contributed by atoms with van der Waals surface area (Å²) in [7, 11) is 1.97. The first-order valence-corrected chi connectivity index (χ1v) is 5.78. The van der Waals surface area contributed by atoms with Gasteiger partial charge in [-0.05, 0) is 6.92 Å². The molecule has 0 saturated carbocycles. The minimum atomic E-state index is 0.523. The highest BCUT2D eigenvalue weighted by Crippen LogP contribution is 2.20. The molecular weight excluding hydrogens is 222 g/mol. The summed E-state index contributed by atoms with van der Waals surface area (Å²) >= 11 is 1.59. The number of hydrogen-bond acceptors (Lipinski definition) is 6. The number of nitrogen functional groups attached to an aromatic ring is 1. The molecule has 2 rings (SSSR count). The lowest BCUT2D eigenvalue weighted by atomic mass is 10.3. The standard InChI is InChI=1S/C10H13N5S/c1-7-9(11)12-5-13-10(7)15(2)3-8-4-16-6-14-8/h4-6H,3H2,1-2H3,(H2,11,12,13). The fourth-order valence-corrected chi connectivity index (χ4v) is 2.02. The summed E-state index contributed by atoms with van der Waals surface area (Å²) in [5, 5.41) is 2.02. The van der Waals surface area contributed by atoms with Gasteiger partial charge in [0.1, 0.15) is 18.0 Å². The number of nitrogens with two attached hydrogens (primary N) is 1. The maximum atomic E-state index is 5.74. The molecule has 2 heterocycles. The van der Waals surface area contributed by atoms with E-state index in [0.29, 0.717) is 5.82 Å². The van der Waals surface area contributed by atoms with E-state index in [4.69, 9.17) is 5.73 Å². The molecule has 0 atom stereocenters. The van der Waals surface area contributed by atoms with Gasteiger partial charge >= 0.3 is 0 Å². The van der Waals surface area contributed by atoms with Crippen molar-refractivity contribution in [1.29, 1.82) is 0 Å². The van der Waals surface area contributed by atoms with Crippen LogP contribution in [0.5, 0.6) is 0 Å². The Morgan fingerprint density at radius 3 is 2.88 bits per heavy atom. The largest absolute Gasteiger partial charge is 0.383 e. The molecule has 0 bridgehead atoms. The number of rotatable bonds is 3. The zero-order valence-corrected chi connectivity index (χ0v) is 10.0. The van der Waals surface area contributed by atoms with Crippen molar-refractivity contribution < 1.29 is 0 Å². The van der Waals surface area contributed by atoms with Gasteiger partial charge in [-0.3, -0.25) is 0 Å². The van der Waals surface area contributed by atoms with E-state index in [1.807, 2.05) is 29.8 Å². The Bertz CT molecular complexity index is 468. The molecular formula is C10H13N5S. The molecule has 0 aliphatic heterocycles. The molecule has 0 unspecified atom stereocenters. The monoisotopic (exact) mass is 235 g/mol.